The van der Waals surface area contributed by atoms with E-state index in [1.165, 1.54) is 128 Å². The number of rotatable bonds is 12. The molecule has 0 bridgehead atoms. The summed E-state index contributed by atoms with van der Waals surface area (Å²) in [6.45, 7) is 5.61. The number of allylic oxidation sites excluding steroid dienone is 3. The van der Waals surface area contributed by atoms with Crippen LogP contribution in [-0.4, -0.2) is 12.7 Å². The molecule has 3 fully saturated rings. The van der Waals surface area contributed by atoms with Crippen molar-refractivity contribution in [1.82, 2.24) is 0 Å². The summed E-state index contributed by atoms with van der Waals surface area (Å²) in [6, 6.07) is 0. The van der Waals surface area contributed by atoms with Crippen molar-refractivity contribution in [3.63, 3.8) is 0 Å². The lowest BCUT2D eigenvalue weighted by atomic mass is 9.70. The molecule has 0 aromatic rings. The highest BCUT2D eigenvalue weighted by Gasteiger charge is 2.31. The lowest BCUT2D eigenvalue weighted by Gasteiger charge is -2.37. The predicted octanol–water partition coefficient (Wildman–Crippen LogP) is 10.7. The Labute approximate surface area is 225 Å². The van der Waals surface area contributed by atoms with Gasteiger partial charge >= 0.3 is 0 Å². The van der Waals surface area contributed by atoms with Gasteiger partial charge in [-0.1, -0.05) is 70.3 Å². The third-order valence-corrected chi connectivity index (χ3v) is 10.7. The maximum absolute atomic E-state index is 6.43. The molecule has 4 aliphatic carbocycles. The van der Waals surface area contributed by atoms with E-state index in [1.807, 2.05) is 0 Å². The Bertz CT molecular complexity index is 625. The second-order valence-corrected chi connectivity index (χ2v) is 13.5. The zero-order valence-electron chi connectivity index (χ0n) is 24.2. The lowest BCUT2D eigenvalue weighted by molar-refractivity contribution is -0.00511. The van der Waals surface area contributed by atoms with Crippen molar-refractivity contribution in [2.45, 2.75) is 148 Å². The lowest BCUT2D eigenvalue weighted by Crippen LogP contribution is -2.29. The Morgan fingerprint density at radius 2 is 1.17 bits per heavy atom. The van der Waals surface area contributed by atoms with E-state index in [4.69, 9.17) is 4.74 Å². The summed E-state index contributed by atoms with van der Waals surface area (Å²) in [5.74, 6) is 6.32. The van der Waals surface area contributed by atoms with E-state index < -0.39 is 0 Å². The molecule has 0 aliphatic heterocycles. The first kappa shape index (κ1) is 28.4. The van der Waals surface area contributed by atoms with Gasteiger partial charge < -0.3 is 4.74 Å². The molecular weight excluding hydrogens is 436 g/mol. The van der Waals surface area contributed by atoms with Gasteiger partial charge in [-0.05, 0) is 132 Å². The van der Waals surface area contributed by atoms with Crippen LogP contribution in [0, 0.1) is 41.4 Å². The second kappa shape index (κ2) is 15.8. The molecule has 0 N–H and O–H groups in total. The van der Waals surface area contributed by atoms with Crippen molar-refractivity contribution in [3.8, 4) is 0 Å². The van der Waals surface area contributed by atoms with Crippen molar-refractivity contribution in [3.05, 3.63) is 24.3 Å². The summed E-state index contributed by atoms with van der Waals surface area (Å²) in [7, 11) is 0. The van der Waals surface area contributed by atoms with Crippen LogP contribution in [0.15, 0.2) is 24.3 Å². The van der Waals surface area contributed by atoms with Crippen molar-refractivity contribution in [2.24, 2.45) is 41.4 Å². The zero-order valence-corrected chi connectivity index (χ0v) is 24.2. The Morgan fingerprint density at radius 1 is 0.583 bits per heavy atom. The fraction of sp³-hybridized carbons (Fsp3) is 0.886. The Morgan fingerprint density at radius 3 is 1.75 bits per heavy atom. The van der Waals surface area contributed by atoms with Gasteiger partial charge in [0.2, 0.25) is 0 Å². The molecule has 2 unspecified atom stereocenters. The summed E-state index contributed by atoms with van der Waals surface area (Å²) in [5, 5.41) is 0. The number of hydrogen-bond donors (Lipinski definition) is 0. The first-order chi connectivity index (χ1) is 17.7. The van der Waals surface area contributed by atoms with E-state index >= 15 is 0 Å². The van der Waals surface area contributed by atoms with Crippen LogP contribution in [0.2, 0.25) is 0 Å². The van der Waals surface area contributed by atoms with Gasteiger partial charge in [0.15, 0.2) is 0 Å². The quantitative estimate of drug-likeness (QED) is 0.193. The van der Waals surface area contributed by atoms with Crippen LogP contribution in [0.1, 0.15) is 142 Å². The molecule has 0 heterocycles. The SMILES string of the molecule is CCCCCC1CCC(/C=C/C2CCC(C3CCC(OCC4C=CC(CCC)CC4)CC3)CC2)CC1. The summed E-state index contributed by atoms with van der Waals surface area (Å²) >= 11 is 0. The van der Waals surface area contributed by atoms with Crippen LogP contribution in [0.5, 0.6) is 0 Å². The second-order valence-electron chi connectivity index (χ2n) is 13.5. The Balaban J connectivity index is 1.06. The minimum atomic E-state index is 0.545. The van der Waals surface area contributed by atoms with Crippen LogP contribution in [0.4, 0.5) is 0 Å². The largest absolute Gasteiger partial charge is 0.378 e. The molecule has 4 rings (SSSR count). The van der Waals surface area contributed by atoms with Crippen LogP contribution in [-0.2, 0) is 4.74 Å². The maximum Gasteiger partial charge on any atom is 0.0575 e. The van der Waals surface area contributed by atoms with Crippen molar-refractivity contribution in [1.29, 1.82) is 0 Å². The third kappa shape index (κ3) is 9.32. The molecule has 1 nitrogen and oxygen atoms in total. The molecule has 2 atom stereocenters. The number of hydrogen-bond acceptors (Lipinski definition) is 1. The van der Waals surface area contributed by atoms with Gasteiger partial charge in [-0.2, -0.15) is 0 Å². The zero-order chi connectivity index (χ0) is 25.0. The highest BCUT2D eigenvalue weighted by atomic mass is 16.5. The van der Waals surface area contributed by atoms with E-state index in [0.717, 1.165) is 42.1 Å². The molecule has 0 amide bonds. The smallest absolute Gasteiger partial charge is 0.0575 e. The molecule has 206 valence electrons. The monoisotopic (exact) mass is 496 g/mol. The molecule has 1 heteroatoms. The average molecular weight is 497 g/mol. The summed E-state index contributed by atoms with van der Waals surface area (Å²) in [5.41, 5.74) is 0. The average Bonchev–Trinajstić information content (AvgIpc) is 2.93. The van der Waals surface area contributed by atoms with Crippen LogP contribution < -0.4 is 0 Å². The van der Waals surface area contributed by atoms with E-state index in [0.29, 0.717) is 12.0 Å². The van der Waals surface area contributed by atoms with Crippen molar-refractivity contribution >= 4 is 0 Å². The van der Waals surface area contributed by atoms with E-state index in [1.54, 1.807) is 0 Å². The van der Waals surface area contributed by atoms with Gasteiger partial charge in [0.25, 0.3) is 0 Å². The molecule has 0 saturated heterocycles. The van der Waals surface area contributed by atoms with E-state index in [2.05, 4.69) is 38.2 Å². The van der Waals surface area contributed by atoms with Crippen molar-refractivity contribution < 1.29 is 4.74 Å². The fourth-order valence-corrected chi connectivity index (χ4v) is 8.15. The summed E-state index contributed by atoms with van der Waals surface area (Å²) in [6.07, 6.45) is 39.3. The van der Waals surface area contributed by atoms with Gasteiger partial charge in [-0.15, -0.1) is 0 Å². The predicted molar refractivity (Wildman–Crippen MR) is 156 cm³/mol. The van der Waals surface area contributed by atoms with Crippen LogP contribution in [0.3, 0.4) is 0 Å². The topological polar surface area (TPSA) is 9.23 Å². The highest BCUT2D eigenvalue weighted by molar-refractivity contribution is 4.99. The molecule has 0 spiro atoms. The van der Waals surface area contributed by atoms with Crippen molar-refractivity contribution in [2.75, 3.05) is 6.61 Å². The third-order valence-electron chi connectivity index (χ3n) is 10.7. The molecule has 4 aliphatic rings. The summed E-state index contributed by atoms with van der Waals surface area (Å²) in [4.78, 5) is 0. The van der Waals surface area contributed by atoms with Crippen LogP contribution in [0.25, 0.3) is 0 Å². The first-order valence-corrected chi connectivity index (χ1v) is 16.7. The minimum absolute atomic E-state index is 0.545. The van der Waals surface area contributed by atoms with Gasteiger partial charge in [-0.3, -0.25) is 0 Å². The first-order valence-electron chi connectivity index (χ1n) is 16.7. The van der Waals surface area contributed by atoms with Gasteiger partial charge in [0, 0.05) is 5.92 Å². The molecule has 0 radical (unpaired) electrons. The maximum atomic E-state index is 6.43. The van der Waals surface area contributed by atoms with E-state index in [-0.39, 0.29) is 0 Å². The standard InChI is InChI=1S/C35H60O/c1-3-5-6-8-29-9-11-30(12-10-29)13-14-31-19-21-33(22-20-31)34-23-25-35(26-24-34)36-27-32-17-15-28(7-4-2)16-18-32/h13-15,17,28-35H,3-12,16,18-27H2,1-2H3/b14-13+. The Kier molecular flexibility index (Phi) is 12.5. The van der Waals surface area contributed by atoms with Gasteiger partial charge in [-0.25, -0.2) is 0 Å². The molecule has 0 aromatic heterocycles. The van der Waals surface area contributed by atoms with Gasteiger partial charge in [0.05, 0.1) is 12.7 Å². The fourth-order valence-electron chi connectivity index (χ4n) is 8.15. The molecule has 3 saturated carbocycles. The normalized spacial score (nSPS) is 37.9. The van der Waals surface area contributed by atoms with Crippen LogP contribution >= 0.6 is 0 Å². The molecule has 0 aromatic carbocycles. The van der Waals surface area contributed by atoms with E-state index in [9.17, 15) is 0 Å². The summed E-state index contributed by atoms with van der Waals surface area (Å²) < 4.78 is 6.43. The minimum Gasteiger partial charge on any atom is -0.378 e. The van der Waals surface area contributed by atoms with Gasteiger partial charge in [0.1, 0.15) is 0 Å². The molecule has 36 heavy (non-hydrogen) atoms. The highest BCUT2D eigenvalue weighted by Crippen LogP contribution is 2.41. The number of unbranched alkanes of at least 4 members (excludes halogenated alkanes) is 2. The Hall–Kier alpha value is -0.560. The number of ether oxygens (including phenoxy) is 1. The molecular formula is C35H60O.